The number of benzene rings is 2. The van der Waals surface area contributed by atoms with Crippen molar-refractivity contribution in [2.24, 2.45) is 0 Å². The number of methoxy groups -OCH3 is 2. The van der Waals surface area contributed by atoms with E-state index in [-0.39, 0.29) is 0 Å². The summed E-state index contributed by atoms with van der Waals surface area (Å²) in [6.45, 7) is 1.73. The summed E-state index contributed by atoms with van der Waals surface area (Å²) in [7, 11) is 3.33. The van der Waals surface area contributed by atoms with Gasteiger partial charge in [-0.05, 0) is 37.1 Å². The molecule has 4 rings (SSSR count). The van der Waals surface area contributed by atoms with Crippen LogP contribution in [0.25, 0.3) is 11.3 Å². The number of likely N-dealkylation sites (tertiary alicyclic amines) is 1. The maximum atomic E-state index is 6.00. The van der Waals surface area contributed by atoms with E-state index in [1.54, 1.807) is 14.2 Å². The molecule has 2 aromatic carbocycles. The quantitative estimate of drug-likeness (QED) is 0.635. The van der Waals surface area contributed by atoms with E-state index in [4.69, 9.17) is 13.9 Å². The van der Waals surface area contributed by atoms with Gasteiger partial charge < -0.3 is 13.9 Å². The van der Waals surface area contributed by atoms with E-state index in [2.05, 4.69) is 22.0 Å². The number of rotatable bonds is 6. The lowest BCUT2D eigenvalue weighted by Gasteiger charge is -2.24. The first-order valence-electron chi connectivity index (χ1n) is 9.24. The Balaban J connectivity index is 1.52. The van der Waals surface area contributed by atoms with Gasteiger partial charge >= 0.3 is 0 Å². The molecule has 27 heavy (non-hydrogen) atoms. The molecule has 140 valence electrons. The van der Waals surface area contributed by atoms with E-state index in [0.29, 0.717) is 12.6 Å². The van der Waals surface area contributed by atoms with Gasteiger partial charge in [-0.1, -0.05) is 36.4 Å². The highest BCUT2D eigenvalue weighted by Crippen LogP contribution is 2.37. The minimum absolute atomic E-state index is 0.330. The van der Waals surface area contributed by atoms with Crippen molar-refractivity contribution < 1.29 is 13.9 Å². The van der Waals surface area contributed by atoms with Crippen LogP contribution in [-0.2, 0) is 6.54 Å². The first-order valence-corrected chi connectivity index (χ1v) is 9.24. The Morgan fingerprint density at radius 1 is 1.07 bits per heavy atom. The van der Waals surface area contributed by atoms with Gasteiger partial charge in [0.15, 0.2) is 17.3 Å². The lowest BCUT2D eigenvalue weighted by atomic mass is 10.0. The van der Waals surface area contributed by atoms with E-state index in [9.17, 15) is 0 Å². The largest absolute Gasteiger partial charge is 0.493 e. The molecule has 1 unspecified atom stereocenters. The summed E-state index contributed by atoms with van der Waals surface area (Å²) >= 11 is 0. The zero-order valence-electron chi connectivity index (χ0n) is 15.7. The van der Waals surface area contributed by atoms with Gasteiger partial charge in [0.1, 0.15) is 0 Å². The van der Waals surface area contributed by atoms with Crippen LogP contribution in [0.1, 0.15) is 30.3 Å². The fourth-order valence-corrected chi connectivity index (χ4v) is 3.75. The summed E-state index contributed by atoms with van der Waals surface area (Å²) in [6.07, 6.45) is 4.08. The van der Waals surface area contributed by atoms with Crippen molar-refractivity contribution in [2.45, 2.75) is 25.4 Å². The van der Waals surface area contributed by atoms with Crippen LogP contribution in [0.2, 0.25) is 0 Å². The topological polar surface area (TPSA) is 47.7 Å². The van der Waals surface area contributed by atoms with Crippen molar-refractivity contribution in [2.75, 3.05) is 20.8 Å². The maximum absolute atomic E-state index is 6.00. The fourth-order valence-electron chi connectivity index (χ4n) is 3.75. The second kappa shape index (κ2) is 7.84. The van der Waals surface area contributed by atoms with Crippen molar-refractivity contribution >= 4 is 0 Å². The van der Waals surface area contributed by atoms with E-state index >= 15 is 0 Å². The van der Waals surface area contributed by atoms with Gasteiger partial charge in [-0.2, -0.15) is 0 Å². The lowest BCUT2D eigenvalue weighted by molar-refractivity contribution is 0.224. The predicted molar refractivity (Wildman–Crippen MR) is 104 cm³/mol. The summed E-state index contributed by atoms with van der Waals surface area (Å²) in [5.41, 5.74) is 2.29. The van der Waals surface area contributed by atoms with Gasteiger partial charge in [0.2, 0.25) is 5.89 Å². The van der Waals surface area contributed by atoms with Gasteiger partial charge in [-0.25, -0.2) is 4.98 Å². The zero-order chi connectivity index (χ0) is 18.6. The molecule has 0 radical (unpaired) electrons. The molecular weight excluding hydrogens is 340 g/mol. The van der Waals surface area contributed by atoms with Crippen LogP contribution in [0.4, 0.5) is 0 Å². The Morgan fingerprint density at radius 3 is 2.67 bits per heavy atom. The second-order valence-electron chi connectivity index (χ2n) is 6.73. The van der Waals surface area contributed by atoms with Gasteiger partial charge in [0, 0.05) is 11.6 Å². The second-order valence-corrected chi connectivity index (χ2v) is 6.73. The van der Waals surface area contributed by atoms with Crippen molar-refractivity contribution in [3.63, 3.8) is 0 Å². The van der Waals surface area contributed by atoms with E-state index in [0.717, 1.165) is 48.1 Å². The highest BCUT2D eigenvalue weighted by molar-refractivity contribution is 5.55. The number of oxazole rings is 1. The molecule has 1 aliphatic heterocycles. The lowest BCUT2D eigenvalue weighted by Crippen LogP contribution is -2.23. The standard InChI is InChI=1S/C22H24N2O3/c1-25-19-11-10-17(13-20(19)26-2)18-9-6-12-24(18)15-22-23-14-21(27-22)16-7-4-3-5-8-16/h3-5,7-8,10-11,13-14,18H,6,9,12,15H2,1-2H3. The molecule has 2 heterocycles. The molecule has 5 nitrogen and oxygen atoms in total. The summed E-state index contributed by atoms with van der Waals surface area (Å²) in [5.74, 6) is 3.09. The van der Waals surface area contributed by atoms with E-state index in [1.165, 1.54) is 5.56 Å². The third-order valence-corrected chi connectivity index (χ3v) is 5.11. The number of hydrogen-bond donors (Lipinski definition) is 0. The molecule has 1 saturated heterocycles. The number of nitrogens with zero attached hydrogens (tertiary/aromatic N) is 2. The Bertz CT molecular complexity index is 892. The number of ether oxygens (including phenoxy) is 2. The van der Waals surface area contributed by atoms with Crippen molar-refractivity contribution in [1.29, 1.82) is 0 Å². The van der Waals surface area contributed by atoms with Crippen LogP contribution in [0.5, 0.6) is 11.5 Å². The normalized spacial score (nSPS) is 17.2. The average Bonchev–Trinajstić information content (AvgIpc) is 3.38. The van der Waals surface area contributed by atoms with Crippen LogP contribution in [0.15, 0.2) is 59.1 Å². The monoisotopic (exact) mass is 364 g/mol. The summed E-state index contributed by atoms with van der Waals surface area (Å²) in [5, 5.41) is 0. The maximum Gasteiger partial charge on any atom is 0.209 e. The van der Waals surface area contributed by atoms with Crippen molar-refractivity contribution in [3.8, 4) is 22.8 Å². The Hall–Kier alpha value is -2.79. The SMILES string of the molecule is COc1ccc(C2CCCN2Cc2ncc(-c3ccccc3)o2)cc1OC. The van der Waals surface area contributed by atoms with E-state index in [1.807, 2.05) is 42.6 Å². The van der Waals surface area contributed by atoms with Gasteiger partial charge in [0.05, 0.1) is 27.0 Å². The van der Waals surface area contributed by atoms with Gasteiger partial charge in [-0.15, -0.1) is 0 Å². The third-order valence-electron chi connectivity index (χ3n) is 5.11. The summed E-state index contributed by atoms with van der Waals surface area (Å²) in [6, 6.07) is 16.6. The van der Waals surface area contributed by atoms with Gasteiger partial charge in [0.25, 0.3) is 0 Å². The third kappa shape index (κ3) is 3.69. The van der Waals surface area contributed by atoms with Crippen LogP contribution < -0.4 is 9.47 Å². The molecule has 0 amide bonds. The molecular formula is C22H24N2O3. The van der Waals surface area contributed by atoms with E-state index < -0.39 is 0 Å². The van der Waals surface area contributed by atoms with Crippen LogP contribution in [-0.4, -0.2) is 30.6 Å². The molecule has 0 spiro atoms. The summed E-state index contributed by atoms with van der Waals surface area (Å²) in [4.78, 5) is 6.91. The minimum atomic E-state index is 0.330. The predicted octanol–water partition coefficient (Wildman–Crippen LogP) is 4.70. The highest BCUT2D eigenvalue weighted by atomic mass is 16.5. The number of hydrogen-bond acceptors (Lipinski definition) is 5. The average molecular weight is 364 g/mol. The highest BCUT2D eigenvalue weighted by Gasteiger charge is 2.28. The molecule has 5 heteroatoms. The Labute approximate surface area is 159 Å². The number of aromatic nitrogens is 1. The van der Waals surface area contributed by atoms with Crippen molar-refractivity contribution in [1.82, 2.24) is 9.88 Å². The summed E-state index contributed by atoms with van der Waals surface area (Å²) < 4.78 is 16.8. The van der Waals surface area contributed by atoms with Crippen LogP contribution in [0.3, 0.4) is 0 Å². The first kappa shape index (κ1) is 17.6. The Morgan fingerprint density at radius 2 is 1.89 bits per heavy atom. The molecule has 1 atom stereocenters. The molecule has 3 aromatic rings. The Kier molecular flexibility index (Phi) is 5.12. The fraction of sp³-hybridized carbons (Fsp3) is 0.318. The first-order chi connectivity index (χ1) is 13.3. The molecule has 1 aromatic heterocycles. The zero-order valence-corrected chi connectivity index (χ0v) is 15.7. The molecule has 1 aliphatic rings. The molecule has 0 bridgehead atoms. The van der Waals surface area contributed by atoms with Crippen LogP contribution >= 0.6 is 0 Å². The van der Waals surface area contributed by atoms with Crippen LogP contribution in [0, 0.1) is 0 Å². The molecule has 0 aliphatic carbocycles. The smallest absolute Gasteiger partial charge is 0.209 e. The van der Waals surface area contributed by atoms with Crippen molar-refractivity contribution in [3.05, 3.63) is 66.2 Å². The molecule has 0 N–H and O–H groups in total. The minimum Gasteiger partial charge on any atom is -0.493 e. The molecule has 0 saturated carbocycles. The van der Waals surface area contributed by atoms with Gasteiger partial charge in [-0.3, -0.25) is 4.90 Å². The molecule has 1 fully saturated rings.